The van der Waals surface area contributed by atoms with Gasteiger partial charge < -0.3 is 14.6 Å². The van der Waals surface area contributed by atoms with Crippen molar-refractivity contribution in [3.05, 3.63) is 41.5 Å². The Bertz CT molecular complexity index is 673. The maximum atomic E-state index is 12.4. The lowest BCUT2D eigenvalue weighted by Gasteiger charge is -2.15. The monoisotopic (exact) mass is 330 g/mol. The number of hydrogen-bond acceptors (Lipinski definition) is 5. The zero-order chi connectivity index (χ0) is 17.5. The summed E-state index contributed by atoms with van der Waals surface area (Å²) in [6.45, 7) is 1.74. The van der Waals surface area contributed by atoms with Gasteiger partial charge in [-0.1, -0.05) is 18.2 Å². The van der Waals surface area contributed by atoms with E-state index in [4.69, 9.17) is 9.47 Å². The van der Waals surface area contributed by atoms with E-state index in [2.05, 4.69) is 0 Å². The summed E-state index contributed by atoms with van der Waals surface area (Å²) in [5.74, 6) is -0.252. The fraction of sp³-hybridized carbons (Fsp3) is 0.368. The van der Waals surface area contributed by atoms with Crippen molar-refractivity contribution in [2.45, 2.75) is 38.7 Å². The summed E-state index contributed by atoms with van der Waals surface area (Å²) in [7, 11) is 1.49. The predicted octanol–water partition coefficient (Wildman–Crippen LogP) is 3.66. The summed E-state index contributed by atoms with van der Waals surface area (Å²) in [4.78, 5) is 24.1. The Balaban J connectivity index is 2.38. The standard InChI is InChI=1S/C19H22O5/c1-13-7-6-10-15(20)9-5-3-4-8-14-11-16(23-2)12-17(21)18(14)19(22)24-13/h4,6,8,10-13,21H,3,5,7,9H2,1-2H3/b8-4+,10-6-/t13-/m1/s1. The Hall–Kier alpha value is -2.56. The first-order valence-corrected chi connectivity index (χ1v) is 7.99. The van der Waals surface area contributed by atoms with Gasteiger partial charge in [0.1, 0.15) is 23.2 Å². The molecule has 24 heavy (non-hydrogen) atoms. The molecular weight excluding hydrogens is 308 g/mol. The number of carbonyl (C=O) groups excluding carboxylic acids is 2. The number of benzene rings is 1. The maximum Gasteiger partial charge on any atom is 0.342 e. The normalized spacial score (nSPS) is 22.0. The van der Waals surface area contributed by atoms with Crippen molar-refractivity contribution in [3.63, 3.8) is 0 Å². The number of aromatic hydroxyl groups is 1. The predicted molar refractivity (Wildman–Crippen MR) is 91.2 cm³/mol. The summed E-state index contributed by atoms with van der Waals surface area (Å²) < 4.78 is 10.5. The number of ether oxygens (including phenoxy) is 2. The Kier molecular flexibility index (Phi) is 6.18. The molecule has 0 saturated carbocycles. The van der Waals surface area contributed by atoms with E-state index < -0.39 is 12.1 Å². The van der Waals surface area contributed by atoms with Crippen molar-refractivity contribution in [1.82, 2.24) is 0 Å². The van der Waals surface area contributed by atoms with E-state index in [0.717, 1.165) is 6.42 Å². The molecule has 0 fully saturated rings. The van der Waals surface area contributed by atoms with E-state index in [1.54, 1.807) is 25.1 Å². The van der Waals surface area contributed by atoms with Crippen molar-refractivity contribution >= 4 is 17.8 Å². The number of cyclic esters (lactones) is 1. The molecule has 1 heterocycles. The van der Waals surface area contributed by atoms with Crippen LogP contribution in [0.4, 0.5) is 0 Å². The summed E-state index contributed by atoms with van der Waals surface area (Å²) in [6.07, 6.45) is 8.82. The van der Waals surface area contributed by atoms with E-state index in [1.165, 1.54) is 19.3 Å². The molecule has 1 atom stereocenters. The quantitative estimate of drug-likeness (QED) is 0.796. The molecule has 1 aromatic carbocycles. The van der Waals surface area contributed by atoms with Crippen LogP contribution in [0.5, 0.6) is 11.5 Å². The summed E-state index contributed by atoms with van der Waals surface area (Å²) >= 11 is 0. The SMILES string of the molecule is COc1cc(O)c2c(c1)/C=C/CCCC(=O)/C=C\C[C@@H](C)OC2=O. The number of methoxy groups -OCH3 is 1. The second kappa shape index (κ2) is 8.34. The molecule has 2 rings (SSSR count). The Morgan fingerprint density at radius 1 is 1.21 bits per heavy atom. The molecule has 0 bridgehead atoms. The lowest BCUT2D eigenvalue weighted by Crippen LogP contribution is -2.15. The van der Waals surface area contributed by atoms with Crippen LogP contribution < -0.4 is 4.74 Å². The van der Waals surface area contributed by atoms with Gasteiger partial charge in [-0.25, -0.2) is 4.79 Å². The van der Waals surface area contributed by atoms with Gasteiger partial charge in [-0.2, -0.15) is 0 Å². The minimum Gasteiger partial charge on any atom is -0.507 e. The van der Waals surface area contributed by atoms with E-state index >= 15 is 0 Å². The van der Waals surface area contributed by atoms with Crippen molar-refractivity contribution in [1.29, 1.82) is 0 Å². The van der Waals surface area contributed by atoms with Gasteiger partial charge in [0, 0.05) is 18.9 Å². The third-order valence-electron chi connectivity index (χ3n) is 3.73. The molecule has 0 radical (unpaired) electrons. The minimum absolute atomic E-state index is 0.0682. The lowest BCUT2D eigenvalue weighted by atomic mass is 10.0. The van der Waals surface area contributed by atoms with Crippen LogP contribution in [0.2, 0.25) is 0 Å². The summed E-state index contributed by atoms with van der Waals surface area (Å²) in [5, 5.41) is 10.2. The molecule has 0 spiro atoms. The molecule has 5 nitrogen and oxygen atoms in total. The summed E-state index contributed by atoms with van der Waals surface area (Å²) in [6, 6.07) is 3.06. The topological polar surface area (TPSA) is 72.8 Å². The number of fused-ring (bicyclic) bond motifs is 1. The average molecular weight is 330 g/mol. The Labute approximate surface area is 141 Å². The molecule has 128 valence electrons. The largest absolute Gasteiger partial charge is 0.507 e. The van der Waals surface area contributed by atoms with Gasteiger partial charge in [0.25, 0.3) is 0 Å². The third kappa shape index (κ3) is 4.72. The van der Waals surface area contributed by atoms with E-state index in [1.807, 2.05) is 6.08 Å². The molecule has 0 amide bonds. The maximum absolute atomic E-state index is 12.4. The molecule has 0 saturated heterocycles. The number of allylic oxidation sites excluding steroid dienone is 2. The lowest BCUT2D eigenvalue weighted by molar-refractivity contribution is -0.114. The van der Waals surface area contributed by atoms with Gasteiger partial charge in [-0.3, -0.25) is 4.79 Å². The number of phenols is 1. The minimum atomic E-state index is -0.598. The van der Waals surface area contributed by atoms with Gasteiger partial charge in [0.2, 0.25) is 0 Å². The van der Waals surface area contributed by atoms with Gasteiger partial charge in [0.05, 0.1) is 7.11 Å². The Morgan fingerprint density at radius 3 is 2.75 bits per heavy atom. The first kappa shape index (κ1) is 17.8. The van der Waals surface area contributed by atoms with Crippen LogP contribution in [0, 0.1) is 0 Å². The molecule has 0 aromatic heterocycles. The van der Waals surface area contributed by atoms with Crippen LogP contribution in [0.1, 0.15) is 48.5 Å². The highest BCUT2D eigenvalue weighted by atomic mass is 16.5. The van der Waals surface area contributed by atoms with Crippen molar-refractivity contribution in [3.8, 4) is 11.5 Å². The van der Waals surface area contributed by atoms with Crippen LogP contribution in [0.3, 0.4) is 0 Å². The molecule has 5 heteroatoms. The first-order valence-electron chi connectivity index (χ1n) is 7.99. The number of rotatable bonds is 1. The number of carbonyl (C=O) groups is 2. The zero-order valence-electron chi connectivity index (χ0n) is 14.0. The second-order valence-electron chi connectivity index (χ2n) is 5.73. The Morgan fingerprint density at radius 2 is 2.00 bits per heavy atom. The second-order valence-corrected chi connectivity index (χ2v) is 5.73. The van der Waals surface area contributed by atoms with Gasteiger partial charge >= 0.3 is 5.97 Å². The smallest absolute Gasteiger partial charge is 0.342 e. The highest BCUT2D eigenvalue weighted by Crippen LogP contribution is 2.30. The highest BCUT2D eigenvalue weighted by molar-refractivity contribution is 5.97. The number of ketones is 1. The van der Waals surface area contributed by atoms with Crippen molar-refractivity contribution < 1.29 is 24.2 Å². The van der Waals surface area contributed by atoms with Gasteiger partial charge in [-0.15, -0.1) is 0 Å². The van der Waals surface area contributed by atoms with Gasteiger partial charge in [-0.05, 0) is 37.5 Å². The number of hydrogen-bond donors (Lipinski definition) is 1. The fourth-order valence-electron chi connectivity index (χ4n) is 2.46. The highest BCUT2D eigenvalue weighted by Gasteiger charge is 2.20. The third-order valence-corrected chi connectivity index (χ3v) is 3.73. The van der Waals surface area contributed by atoms with E-state index in [-0.39, 0.29) is 17.1 Å². The molecule has 1 aliphatic heterocycles. The average Bonchev–Trinajstić information content (AvgIpc) is 2.53. The van der Waals surface area contributed by atoms with Crippen LogP contribution in [0.25, 0.3) is 6.08 Å². The first-order chi connectivity index (χ1) is 11.5. The molecule has 1 N–H and O–H groups in total. The number of esters is 1. The molecule has 1 aromatic rings. The molecule has 0 unspecified atom stereocenters. The molecule has 0 aliphatic carbocycles. The van der Waals surface area contributed by atoms with Gasteiger partial charge in [0.15, 0.2) is 5.78 Å². The van der Waals surface area contributed by atoms with E-state index in [0.29, 0.717) is 30.6 Å². The fourth-order valence-corrected chi connectivity index (χ4v) is 2.46. The molecular formula is C19H22O5. The van der Waals surface area contributed by atoms with Crippen LogP contribution in [-0.4, -0.2) is 30.1 Å². The van der Waals surface area contributed by atoms with Crippen molar-refractivity contribution in [2.75, 3.05) is 7.11 Å². The van der Waals surface area contributed by atoms with E-state index in [9.17, 15) is 14.7 Å². The zero-order valence-corrected chi connectivity index (χ0v) is 14.0. The van der Waals surface area contributed by atoms with Crippen LogP contribution >= 0.6 is 0 Å². The van der Waals surface area contributed by atoms with Crippen LogP contribution in [0.15, 0.2) is 30.4 Å². The van der Waals surface area contributed by atoms with Crippen LogP contribution in [-0.2, 0) is 9.53 Å². The molecule has 1 aliphatic rings. The summed E-state index contributed by atoms with van der Waals surface area (Å²) in [5.41, 5.74) is 0.652. The van der Waals surface area contributed by atoms with Crippen molar-refractivity contribution in [2.24, 2.45) is 0 Å². The number of phenolic OH excluding ortho intramolecular Hbond substituents is 1.